The minimum atomic E-state index is 0.440. The number of rotatable bonds is 5. The highest BCUT2D eigenvalue weighted by Gasteiger charge is 2.05. The molecule has 19 heavy (non-hydrogen) atoms. The molecule has 0 aliphatic carbocycles. The van der Waals surface area contributed by atoms with E-state index in [1.54, 1.807) is 17.5 Å². The van der Waals surface area contributed by atoms with Crippen LogP contribution in [-0.4, -0.2) is 11.6 Å². The Bertz CT molecular complexity index is 578. The number of thiazole rings is 1. The van der Waals surface area contributed by atoms with Crippen molar-refractivity contribution >= 4 is 11.3 Å². The van der Waals surface area contributed by atoms with Crippen LogP contribution in [0.25, 0.3) is 0 Å². The predicted octanol–water partition coefficient (Wildman–Crippen LogP) is 3.45. The molecular formula is C15H16N2OS. The van der Waals surface area contributed by atoms with E-state index in [4.69, 9.17) is 10.00 Å². The molecule has 0 fully saturated rings. The van der Waals surface area contributed by atoms with Crippen molar-refractivity contribution in [1.82, 2.24) is 4.98 Å². The van der Waals surface area contributed by atoms with E-state index in [9.17, 15) is 0 Å². The summed E-state index contributed by atoms with van der Waals surface area (Å²) in [6.07, 6.45) is 3.00. The average molecular weight is 272 g/mol. The van der Waals surface area contributed by atoms with Gasteiger partial charge < -0.3 is 4.74 Å². The zero-order chi connectivity index (χ0) is 13.7. The van der Waals surface area contributed by atoms with Gasteiger partial charge in [-0.1, -0.05) is 18.2 Å². The molecule has 0 aliphatic rings. The molecule has 0 spiro atoms. The topological polar surface area (TPSA) is 45.9 Å². The molecule has 1 aromatic carbocycles. The Morgan fingerprint density at radius 3 is 2.74 bits per heavy atom. The Morgan fingerprint density at radius 2 is 2.05 bits per heavy atom. The molecule has 0 aliphatic heterocycles. The van der Waals surface area contributed by atoms with Crippen LogP contribution in [0.5, 0.6) is 5.75 Å². The van der Waals surface area contributed by atoms with Crippen LogP contribution < -0.4 is 4.74 Å². The molecular weight excluding hydrogens is 256 g/mol. The largest absolute Gasteiger partial charge is 0.493 e. The van der Waals surface area contributed by atoms with Gasteiger partial charge in [-0.25, -0.2) is 4.98 Å². The lowest BCUT2D eigenvalue weighted by molar-refractivity contribution is 0.317. The lowest BCUT2D eigenvalue weighted by atomic mass is 10.1. The second-order valence-electron chi connectivity index (χ2n) is 4.37. The normalized spacial score (nSPS) is 10.2. The van der Waals surface area contributed by atoms with E-state index in [-0.39, 0.29) is 0 Å². The van der Waals surface area contributed by atoms with Gasteiger partial charge in [-0.3, -0.25) is 0 Å². The van der Waals surface area contributed by atoms with Crippen LogP contribution in [0.15, 0.2) is 24.4 Å². The number of hydrogen-bond acceptors (Lipinski definition) is 4. The third-order valence-electron chi connectivity index (χ3n) is 2.83. The molecule has 0 unspecified atom stereocenters. The minimum Gasteiger partial charge on any atom is -0.493 e. The van der Waals surface area contributed by atoms with E-state index >= 15 is 0 Å². The van der Waals surface area contributed by atoms with Gasteiger partial charge in [-0.15, -0.1) is 11.3 Å². The van der Waals surface area contributed by atoms with Gasteiger partial charge in [0.2, 0.25) is 0 Å². The van der Waals surface area contributed by atoms with Gasteiger partial charge in [0, 0.05) is 17.5 Å². The number of aryl methyl sites for hydroxylation is 2. The van der Waals surface area contributed by atoms with Crippen molar-refractivity contribution < 1.29 is 4.74 Å². The van der Waals surface area contributed by atoms with Gasteiger partial charge in [-0.05, 0) is 25.0 Å². The van der Waals surface area contributed by atoms with Crippen LogP contribution in [0.3, 0.4) is 0 Å². The predicted molar refractivity (Wildman–Crippen MR) is 76.5 cm³/mol. The Kier molecular flexibility index (Phi) is 4.53. The molecule has 0 N–H and O–H groups in total. The highest BCUT2D eigenvalue weighted by atomic mass is 32.1. The summed E-state index contributed by atoms with van der Waals surface area (Å²) in [7, 11) is 0. The Labute approximate surface area is 117 Å². The summed E-state index contributed by atoms with van der Waals surface area (Å²) in [5, 5.41) is 9.64. The lowest BCUT2D eigenvalue weighted by Crippen LogP contribution is -2.03. The summed E-state index contributed by atoms with van der Waals surface area (Å²) in [5.74, 6) is 0.969. The van der Waals surface area contributed by atoms with E-state index in [1.165, 1.54) is 0 Å². The molecule has 0 saturated carbocycles. The first-order valence-corrected chi connectivity index (χ1v) is 7.02. The van der Waals surface area contributed by atoms with Crippen LogP contribution >= 0.6 is 11.3 Å². The second kappa shape index (κ2) is 6.35. The van der Waals surface area contributed by atoms with E-state index in [0.29, 0.717) is 13.0 Å². The summed E-state index contributed by atoms with van der Waals surface area (Å²) >= 11 is 1.59. The van der Waals surface area contributed by atoms with Crippen molar-refractivity contribution in [3.8, 4) is 11.8 Å². The van der Waals surface area contributed by atoms with E-state index in [0.717, 1.165) is 33.2 Å². The summed E-state index contributed by atoms with van der Waals surface area (Å²) in [6, 6.07) is 8.27. The van der Waals surface area contributed by atoms with Crippen LogP contribution in [0, 0.1) is 25.2 Å². The molecule has 0 saturated heterocycles. The summed E-state index contributed by atoms with van der Waals surface area (Å²) in [5.41, 5.74) is 2.31. The number of nitriles is 1. The van der Waals surface area contributed by atoms with Crippen LogP contribution in [-0.2, 0) is 12.8 Å². The van der Waals surface area contributed by atoms with Gasteiger partial charge in [0.15, 0.2) is 0 Å². The van der Waals surface area contributed by atoms with Crippen LogP contribution in [0.2, 0.25) is 0 Å². The maximum absolute atomic E-state index is 8.62. The zero-order valence-electron chi connectivity index (χ0n) is 11.1. The maximum Gasteiger partial charge on any atom is 0.125 e. The van der Waals surface area contributed by atoms with Crippen molar-refractivity contribution in [3.05, 3.63) is 45.4 Å². The summed E-state index contributed by atoms with van der Waals surface area (Å²) in [4.78, 5) is 5.32. The third-order valence-corrected chi connectivity index (χ3v) is 3.88. The molecule has 3 nitrogen and oxygen atoms in total. The van der Waals surface area contributed by atoms with Crippen molar-refractivity contribution in [2.45, 2.75) is 26.7 Å². The molecule has 2 aromatic rings. The highest BCUT2D eigenvalue weighted by Crippen LogP contribution is 2.22. The molecule has 98 valence electrons. The van der Waals surface area contributed by atoms with Crippen molar-refractivity contribution in [3.63, 3.8) is 0 Å². The van der Waals surface area contributed by atoms with Crippen molar-refractivity contribution in [2.24, 2.45) is 0 Å². The second-order valence-corrected chi connectivity index (χ2v) is 5.57. The van der Waals surface area contributed by atoms with Gasteiger partial charge in [-0.2, -0.15) is 5.26 Å². The van der Waals surface area contributed by atoms with Gasteiger partial charge in [0.05, 0.1) is 24.1 Å². The standard InChI is InChI=1S/C15H16N2OS/c1-11-4-3-5-12(2)15(11)18-9-7-14-17-10-13(19-14)6-8-16/h3-5,10H,6-7,9H2,1-2H3. The molecule has 0 amide bonds. The molecule has 2 rings (SSSR count). The van der Waals surface area contributed by atoms with Gasteiger partial charge in [0.1, 0.15) is 5.75 Å². The van der Waals surface area contributed by atoms with Crippen LogP contribution in [0.4, 0.5) is 0 Å². The molecule has 1 heterocycles. The van der Waals surface area contributed by atoms with E-state index in [1.807, 2.05) is 6.07 Å². The fourth-order valence-corrected chi connectivity index (χ4v) is 2.73. The van der Waals surface area contributed by atoms with E-state index < -0.39 is 0 Å². The first-order chi connectivity index (χ1) is 9.20. The quantitative estimate of drug-likeness (QED) is 0.837. The summed E-state index contributed by atoms with van der Waals surface area (Å²) < 4.78 is 5.84. The van der Waals surface area contributed by atoms with Gasteiger partial charge in [0.25, 0.3) is 0 Å². The molecule has 1 aromatic heterocycles. The lowest BCUT2D eigenvalue weighted by Gasteiger charge is -2.10. The zero-order valence-corrected chi connectivity index (χ0v) is 12.0. The average Bonchev–Trinajstić information content (AvgIpc) is 2.81. The first kappa shape index (κ1) is 13.6. The molecule has 4 heteroatoms. The Balaban J connectivity index is 1.91. The number of para-hydroxylation sites is 1. The SMILES string of the molecule is Cc1cccc(C)c1OCCc1ncc(CC#N)s1. The molecule has 0 atom stereocenters. The number of ether oxygens (including phenoxy) is 1. The van der Waals surface area contributed by atoms with Crippen LogP contribution in [0.1, 0.15) is 21.0 Å². The smallest absolute Gasteiger partial charge is 0.125 e. The first-order valence-electron chi connectivity index (χ1n) is 6.20. The maximum atomic E-state index is 8.62. The Morgan fingerprint density at radius 1 is 1.32 bits per heavy atom. The van der Waals surface area contributed by atoms with Crippen molar-refractivity contribution in [2.75, 3.05) is 6.61 Å². The fourth-order valence-electron chi connectivity index (χ4n) is 1.89. The monoisotopic (exact) mass is 272 g/mol. The number of hydrogen-bond donors (Lipinski definition) is 0. The number of nitrogens with zero attached hydrogens (tertiary/aromatic N) is 2. The fraction of sp³-hybridized carbons (Fsp3) is 0.333. The number of benzene rings is 1. The molecule has 0 radical (unpaired) electrons. The third kappa shape index (κ3) is 3.55. The van der Waals surface area contributed by atoms with Gasteiger partial charge >= 0.3 is 0 Å². The highest BCUT2D eigenvalue weighted by molar-refractivity contribution is 7.11. The minimum absolute atomic E-state index is 0.440. The molecule has 0 bridgehead atoms. The van der Waals surface area contributed by atoms with E-state index in [2.05, 4.69) is 37.0 Å². The Hall–Kier alpha value is -1.86. The number of aromatic nitrogens is 1. The van der Waals surface area contributed by atoms with Crippen molar-refractivity contribution in [1.29, 1.82) is 5.26 Å². The summed E-state index contributed by atoms with van der Waals surface area (Å²) in [6.45, 7) is 4.72.